The van der Waals surface area contributed by atoms with Crippen molar-refractivity contribution in [1.82, 2.24) is 9.97 Å². The normalized spacial score (nSPS) is 10.3. The van der Waals surface area contributed by atoms with Gasteiger partial charge in [-0.15, -0.1) is 0 Å². The van der Waals surface area contributed by atoms with Gasteiger partial charge in [0.05, 0.1) is 5.69 Å². The third kappa shape index (κ3) is 2.91. The minimum atomic E-state index is -0.410. The molecule has 0 spiro atoms. The van der Waals surface area contributed by atoms with Crippen molar-refractivity contribution >= 4 is 28.9 Å². The fourth-order valence-corrected chi connectivity index (χ4v) is 1.87. The molecule has 0 bridgehead atoms. The van der Waals surface area contributed by atoms with Gasteiger partial charge in [0.25, 0.3) is 0 Å². The number of hydrazine groups is 1. The van der Waals surface area contributed by atoms with Crippen LogP contribution in [0.15, 0.2) is 24.5 Å². The van der Waals surface area contributed by atoms with Crippen molar-refractivity contribution in [3.05, 3.63) is 40.9 Å². The fourth-order valence-electron chi connectivity index (χ4n) is 1.70. The number of benzene rings is 1. The van der Waals surface area contributed by atoms with Crippen molar-refractivity contribution in [1.29, 1.82) is 0 Å². The summed E-state index contributed by atoms with van der Waals surface area (Å²) in [6.07, 6.45) is 1.99. The second-order valence-corrected chi connectivity index (χ2v) is 4.23. The van der Waals surface area contributed by atoms with E-state index < -0.39 is 5.82 Å². The van der Waals surface area contributed by atoms with E-state index in [4.69, 9.17) is 17.4 Å². The molecule has 100 valence electrons. The number of aromatic nitrogens is 2. The lowest BCUT2D eigenvalue weighted by molar-refractivity contribution is 0.631. The Morgan fingerprint density at radius 2 is 2.05 bits per heavy atom. The van der Waals surface area contributed by atoms with Crippen LogP contribution in [-0.4, -0.2) is 9.97 Å². The number of hydrogen-bond donors (Lipinski definition) is 3. The standard InChI is InChI=1S/C12H13ClFN5/c1-2-8-11(16-6-17-12(8)19-15)18-10-5-7(13)3-4-9(10)14/h3-6H,2,15H2,1H3,(H2,16,17,18,19). The zero-order valence-corrected chi connectivity index (χ0v) is 11.0. The van der Waals surface area contributed by atoms with Gasteiger partial charge < -0.3 is 10.7 Å². The lowest BCUT2D eigenvalue weighted by Gasteiger charge is -2.13. The van der Waals surface area contributed by atoms with E-state index in [0.29, 0.717) is 23.1 Å². The summed E-state index contributed by atoms with van der Waals surface area (Å²) in [5, 5.41) is 3.34. The highest BCUT2D eigenvalue weighted by molar-refractivity contribution is 6.30. The van der Waals surface area contributed by atoms with E-state index >= 15 is 0 Å². The van der Waals surface area contributed by atoms with Gasteiger partial charge in [0.15, 0.2) is 0 Å². The Kier molecular flexibility index (Phi) is 4.13. The summed E-state index contributed by atoms with van der Waals surface area (Å²) in [6.45, 7) is 1.93. The summed E-state index contributed by atoms with van der Waals surface area (Å²) < 4.78 is 13.7. The number of nitrogens with zero attached hydrogens (tertiary/aromatic N) is 2. The van der Waals surface area contributed by atoms with Gasteiger partial charge in [0.2, 0.25) is 0 Å². The lowest BCUT2D eigenvalue weighted by atomic mass is 10.2. The van der Waals surface area contributed by atoms with Gasteiger partial charge in [-0.25, -0.2) is 20.2 Å². The lowest BCUT2D eigenvalue weighted by Crippen LogP contribution is -2.13. The molecule has 0 saturated carbocycles. The van der Waals surface area contributed by atoms with Gasteiger partial charge in [-0.3, -0.25) is 0 Å². The number of hydrogen-bond acceptors (Lipinski definition) is 5. The topological polar surface area (TPSA) is 75.9 Å². The molecule has 19 heavy (non-hydrogen) atoms. The van der Waals surface area contributed by atoms with E-state index in [1.54, 1.807) is 0 Å². The number of nitrogens with one attached hydrogen (secondary N) is 2. The minimum absolute atomic E-state index is 0.254. The first-order valence-electron chi connectivity index (χ1n) is 5.68. The SMILES string of the molecule is CCc1c(NN)ncnc1Nc1cc(Cl)ccc1F. The van der Waals surface area contributed by atoms with Crippen molar-refractivity contribution in [2.75, 3.05) is 10.7 Å². The van der Waals surface area contributed by atoms with Crippen LogP contribution >= 0.6 is 11.6 Å². The molecule has 2 rings (SSSR count). The number of anilines is 3. The average Bonchev–Trinajstić information content (AvgIpc) is 2.42. The fraction of sp³-hybridized carbons (Fsp3) is 0.167. The summed E-state index contributed by atoms with van der Waals surface area (Å²) in [4.78, 5) is 8.10. The maximum absolute atomic E-state index is 13.7. The van der Waals surface area contributed by atoms with E-state index in [0.717, 1.165) is 5.56 Å². The smallest absolute Gasteiger partial charge is 0.148 e. The van der Waals surface area contributed by atoms with Crippen LogP contribution in [-0.2, 0) is 6.42 Å². The van der Waals surface area contributed by atoms with Crippen LogP contribution in [0.1, 0.15) is 12.5 Å². The van der Waals surface area contributed by atoms with Gasteiger partial charge in [-0.1, -0.05) is 18.5 Å². The van der Waals surface area contributed by atoms with Crippen LogP contribution < -0.4 is 16.6 Å². The molecule has 0 aliphatic rings. The van der Waals surface area contributed by atoms with Crippen LogP contribution in [0.25, 0.3) is 0 Å². The second kappa shape index (κ2) is 5.81. The van der Waals surface area contributed by atoms with Crippen molar-refractivity contribution < 1.29 is 4.39 Å². The van der Waals surface area contributed by atoms with Crippen LogP contribution in [0, 0.1) is 5.82 Å². The van der Waals surface area contributed by atoms with Crippen LogP contribution in [0.3, 0.4) is 0 Å². The molecule has 7 heteroatoms. The number of halogens is 2. The van der Waals surface area contributed by atoms with E-state index in [1.807, 2.05) is 6.92 Å². The summed E-state index contributed by atoms with van der Waals surface area (Å²) in [5.41, 5.74) is 3.51. The summed E-state index contributed by atoms with van der Waals surface area (Å²) in [7, 11) is 0. The monoisotopic (exact) mass is 281 g/mol. The minimum Gasteiger partial charge on any atom is -0.337 e. The zero-order chi connectivity index (χ0) is 13.8. The van der Waals surface area contributed by atoms with E-state index in [1.165, 1.54) is 24.5 Å². The first kappa shape index (κ1) is 13.5. The Balaban J connectivity index is 2.40. The molecule has 0 radical (unpaired) electrons. The van der Waals surface area contributed by atoms with Gasteiger partial charge in [-0.05, 0) is 24.6 Å². The van der Waals surface area contributed by atoms with E-state index in [-0.39, 0.29) is 5.69 Å². The molecule has 4 N–H and O–H groups in total. The van der Waals surface area contributed by atoms with Crippen LogP contribution in [0.5, 0.6) is 0 Å². The molecule has 1 aromatic carbocycles. The second-order valence-electron chi connectivity index (χ2n) is 3.80. The van der Waals surface area contributed by atoms with Crippen LogP contribution in [0.2, 0.25) is 5.02 Å². The maximum Gasteiger partial charge on any atom is 0.148 e. The third-order valence-corrected chi connectivity index (χ3v) is 2.85. The Morgan fingerprint density at radius 3 is 2.74 bits per heavy atom. The van der Waals surface area contributed by atoms with Crippen LogP contribution in [0.4, 0.5) is 21.7 Å². The molecular weight excluding hydrogens is 269 g/mol. The van der Waals surface area contributed by atoms with Gasteiger partial charge >= 0.3 is 0 Å². The molecule has 0 amide bonds. The molecule has 2 aromatic rings. The van der Waals surface area contributed by atoms with Gasteiger partial charge in [-0.2, -0.15) is 0 Å². The van der Waals surface area contributed by atoms with Crippen molar-refractivity contribution in [2.45, 2.75) is 13.3 Å². The van der Waals surface area contributed by atoms with Gasteiger partial charge in [0, 0.05) is 10.6 Å². The quantitative estimate of drug-likeness (QED) is 0.593. The van der Waals surface area contributed by atoms with Crippen molar-refractivity contribution in [2.24, 2.45) is 5.84 Å². The van der Waals surface area contributed by atoms with E-state index in [9.17, 15) is 4.39 Å². The summed E-state index contributed by atoms with van der Waals surface area (Å²) in [5.74, 6) is 5.96. The molecule has 5 nitrogen and oxygen atoms in total. The number of nitrogens with two attached hydrogens (primary N) is 1. The summed E-state index contributed by atoms with van der Waals surface area (Å²) in [6, 6.07) is 4.27. The molecule has 0 fully saturated rings. The Hall–Kier alpha value is -1.92. The first-order chi connectivity index (χ1) is 9.15. The van der Waals surface area contributed by atoms with Crippen molar-refractivity contribution in [3.8, 4) is 0 Å². The number of nitrogen functional groups attached to an aromatic ring is 1. The predicted octanol–water partition coefficient (Wildman–Crippen LogP) is 2.86. The Bertz CT molecular complexity index is 590. The molecule has 1 heterocycles. The third-order valence-electron chi connectivity index (χ3n) is 2.62. The zero-order valence-electron chi connectivity index (χ0n) is 10.2. The predicted molar refractivity (Wildman–Crippen MR) is 73.9 cm³/mol. The number of rotatable bonds is 4. The van der Waals surface area contributed by atoms with Crippen molar-refractivity contribution in [3.63, 3.8) is 0 Å². The Morgan fingerprint density at radius 1 is 1.32 bits per heavy atom. The highest BCUT2D eigenvalue weighted by Crippen LogP contribution is 2.26. The molecule has 1 aromatic heterocycles. The van der Waals surface area contributed by atoms with E-state index in [2.05, 4.69) is 20.7 Å². The molecule has 0 aliphatic carbocycles. The highest BCUT2D eigenvalue weighted by atomic mass is 35.5. The highest BCUT2D eigenvalue weighted by Gasteiger charge is 2.11. The largest absolute Gasteiger partial charge is 0.337 e. The summed E-state index contributed by atoms with van der Waals surface area (Å²) >= 11 is 5.84. The molecule has 0 aliphatic heterocycles. The maximum atomic E-state index is 13.7. The average molecular weight is 282 g/mol. The van der Waals surface area contributed by atoms with Gasteiger partial charge in [0.1, 0.15) is 23.8 Å². The molecule has 0 atom stereocenters. The molecule has 0 saturated heterocycles. The molecule has 0 unspecified atom stereocenters. The first-order valence-corrected chi connectivity index (χ1v) is 6.06. The Labute approximate surface area is 115 Å². The molecular formula is C12H13ClFN5.